The van der Waals surface area contributed by atoms with Crippen molar-refractivity contribution in [3.8, 4) is 17.0 Å². The molecule has 3 aromatic rings. The fraction of sp³-hybridized carbons (Fsp3) is 0.158. The van der Waals surface area contributed by atoms with Gasteiger partial charge in [-0.1, -0.05) is 17.7 Å². The van der Waals surface area contributed by atoms with E-state index in [2.05, 4.69) is 10.3 Å². The molecule has 0 radical (unpaired) electrons. The van der Waals surface area contributed by atoms with Gasteiger partial charge in [-0.25, -0.2) is 4.98 Å². The summed E-state index contributed by atoms with van der Waals surface area (Å²) in [6, 6.07) is 13.5. The van der Waals surface area contributed by atoms with Gasteiger partial charge in [0.2, 0.25) is 0 Å². The topological polar surface area (TPSA) is 51.2 Å². The van der Waals surface area contributed by atoms with Gasteiger partial charge in [-0.2, -0.15) is 0 Å². The van der Waals surface area contributed by atoms with E-state index in [1.807, 2.05) is 49.4 Å². The largest absolute Gasteiger partial charge is 0.497 e. The summed E-state index contributed by atoms with van der Waals surface area (Å²) in [4.78, 5) is 18.1. The summed E-state index contributed by atoms with van der Waals surface area (Å²) in [5.74, 6) is 0.731. The highest BCUT2D eigenvalue weighted by Crippen LogP contribution is 2.42. The number of amides is 1. The van der Waals surface area contributed by atoms with Crippen molar-refractivity contribution in [1.82, 2.24) is 4.98 Å². The maximum absolute atomic E-state index is 12.3. The third-order valence-corrected chi connectivity index (χ3v) is 5.12. The van der Waals surface area contributed by atoms with Crippen LogP contribution in [-0.4, -0.2) is 18.0 Å². The Morgan fingerprint density at radius 2 is 2.00 bits per heavy atom. The number of hydrogen-bond donors (Lipinski definition) is 1. The van der Waals surface area contributed by atoms with Crippen LogP contribution in [-0.2, 0) is 6.42 Å². The molecule has 0 bridgehead atoms. The van der Waals surface area contributed by atoms with Crippen LogP contribution in [0.25, 0.3) is 11.3 Å². The first kappa shape index (κ1) is 14.9. The van der Waals surface area contributed by atoms with Gasteiger partial charge in [0.15, 0.2) is 5.13 Å². The van der Waals surface area contributed by atoms with E-state index in [9.17, 15) is 4.79 Å². The van der Waals surface area contributed by atoms with Gasteiger partial charge >= 0.3 is 0 Å². The smallest absolute Gasteiger partial charge is 0.257 e. The molecule has 24 heavy (non-hydrogen) atoms. The molecule has 0 aliphatic heterocycles. The number of rotatable bonds is 3. The standard InChI is InChI=1S/C19H16N2O2S/c1-11-3-5-12(6-4-11)18(22)21-19-20-17-15-8-7-14(23-2)9-13(15)10-16(17)24-19/h3-9H,10H2,1-2H3,(H,20,21,22). The highest BCUT2D eigenvalue weighted by molar-refractivity contribution is 7.16. The molecule has 0 saturated heterocycles. The molecule has 1 N–H and O–H groups in total. The average molecular weight is 336 g/mol. The van der Waals surface area contributed by atoms with Crippen molar-refractivity contribution in [3.05, 3.63) is 64.0 Å². The number of nitrogens with one attached hydrogen (secondary N) is 1. The van der Waals surface area contributed by atoms with Gasteiger partial charge in [0.1, 0.15) is 5.75 Å². The SMILES string of the molecule is COc1ccc2c(c1)Cc1sc(NC(=O)c3ccc(C)cc3)nc1-2. The molecule has 0 fully saturated rings. The number of aromatic nitrogens is 1. The van der Waals surface area contributed by atoms with Gasteiger partial charge in [0.25, 0.3) is 5.91 Å². The van der Waals surface area contributed by atoms with E-state index in [0.717, 1.165) is 29.0 Å². The van der Waals surface area contributed by atoms with Crippen LogP contribution in [0.1, 0.15) is 26.4 Å². The number of benzene rings is 2. The van der Waals surface area contributed by atoms with Crippen LogP contribution < -0.4 is 10.1 Å². The third-order valence-electron chi connectivity index (χ3n) is 4.15. The molecule has 1 aliphatic carbocycles. The Balaban J connectivity index is 1.57. The van der Waals surface area contributed by atoms with Crippen LogP contribution in [0.4, 0.5) is 5.13 Å². The fourth-order valence-electron chi connectivity index (χ4n) is 2.86. The summed E-state index contributed by atoms with van der Waals surface area (Å²) in [7, 11) is 1.67. The summed E-state index contributed by atoms with van der Waals surface area (Å²) in [5.41, 5.74) is 5.09. The predicted molar refractivity (Wildman–Crippen MR) is 96.0 cm³/mol. The van der Waals surface area contributed by atoms with Crippen LogP contribution in [0.5, 0.6) is 5.75 Å². The Hall–Kier alpha value is -2.66. The quantitative estimate of drug-likeness (QED) is 0.607. The van der Waals surface area contributed by atoms with Gasteiger partial charge in [0.05, 0.1) is 12.8 Å². The Kier molecular flexibility index (Phi) is 3.58. The Labute approximate surface area is 144 Å². The minimum Gasteiger partial charge on any atom is -0.497 e. The number of nitrogens with zero attached hydrogens (tertiary/aromatic N) is 1. The first-order chi connectivity index (χ1) is 11.6. The van der Waals surface area contributed by atoms with Crippen molar-refractivity contribution in [2.24, 2.45) is 0 Å². The molecule has 2 aromatic carbocycles. The highest BCUT2D eigenvalue weighted by Gasteiger charge is 2.24. The van der Waals surface area contributed by atoms with E-state index in [1.54, 1.807) is 7.11 Å². The highest BCUT2D eigenvalue weighted by atomic mass is 32.1. The Morgan fingerprint density at radius 3 is 2.75 bits per heavy atom. The third kappa shape index (κ3) is 2.57. The lowest BCUT2D eigenvalue weighted by Crippen LogP contribution is -2.11. The van der Waals surface area contributed by atoms with E-state index in [-0.39, 0.29) is 5.91 Å². The number of carbonyl (C=O) groups is 1. The summed E-state index contributed by atoms with van der Waals surface area (Å²) in [5, 5.41) is 3.55. The van der Waals surface area contributed by atoms with Crippen LogP contribution in [0.3, 0.4) is 0 Å². The number of carbonyl (C=O) groups excluding carboxylic acids is 1. The second kappa shape index (κ2) is 5.76. The van der Waals surface area contributed by atoms with Crippen LogP contribution in [0, 0.1) is 6.92 Å². The molecule has 5 heteroatoms. The lowest BCUT2D eigenvalue weighted by molar-refractivity contribution is 0.102. The monoisotopic (exact) mass is 336 g/mol. The lowest BCUT2D eigenvalue weighted by Gasteiger charge is -2.04. The van der Waals surface area contributed by atoms with Gasteiger partial charge < -0.3 is 4.74 Å². The molecule has 4 rings (SSSR count). The van der Waals surface area contributed by atoms with E-state index in [0.29, 0.717) is 10.7 Å². The lowest BCUT2D eigenvalue weighted by atomic mass is 10.1. The van der Waals surface area contributed by atoms with Crippen molar-refractivity contribution in [3.63, 3.8) is 0 Å². The van der Waals surface area contributed by atoms with Crippen molar-refractivity contribution < 1.29 is 9.53 Å². The molecule has 0 unspecified atom stereocenters. The number of ether oxygens (including phenoxy) is 1. The molecule has 0 spiro atoms. The molecule has 4 nitrogen and oxygen atoms in total. The molecular weight excluding hydrogens is 320 g/mol. The summed E-state index contributed by atoms with van der Waals surface area (Å²) in [6.45, 7) is 2.00. The molecule has 0 atom stereocenters. The minimum absolute atomic E-state index is 0.127. The maximum Gasteiger partial charge on any atom is 0.257 e. The zero-order chi connectivity index (χ0) is 16.7. The number of aryl methyl sites for hydroxylation is 1. The van der Waals surface area contributed by atoms with Crippen molar-refractivity contribution in [2.75, 3.05) is 12.4 Å². The molecule has 1 aromatic heterocycles. The number of anilines is 1. The van der Waals surface area contributed by atoms with Crippen LogP contribution in [0.2, 0.25) is 0 Å². The Morgan fingerprint density at radius 1 is 1.21 bits per heavy atom. The molecule has 1 aliphatic rings. The first-order valence-corrected chi connectivity index (χ1v) is 8.50. The van der Waals surface area contributed by atoms with Crippen LogP contribution >= 0.6 is 11.3 Å². The molecule has 1 amide bonds. The number of thiazole rings is 1. The van der Waals surface area contributed by atoms with Crippen LogP contribution in [0.15, 0.2) is 42.5 Å². The first-order valence-electron chi connectivity index (χ1n) is 7.69. The minimum atomic E-state index is -0.127. The van der Waals surface area contributed by atoms with E-state index < -0.39 is 0 Å². The van der Waals surface area contributed by atoms with Crippen molar-refractivity contribution in [2.45, 2.75) is 13.3 Å². The predicted octanol–water partition coefficient (Wildman–Crippen LogP) is 4.28. The van der Waals surface area contributed by atoms with Gasteiger partial charge in [-0.3, -0.25) is 10.1 Å². The summed E-state index contributed by atoms with van der Waals surface area (Å²) in [6.07, 6.45) is 0.833. The normalized spacial score (nSPS) is 11.8. The van der Waals surface area contributed by atoms with Gasteiger partial charge in [0, 0.05) is 22.4 Å². The average Bonchev–Trinajstić information content (AvgIpc) is 3.11. The number of methoxy groups -OCH3 is 1. The van der Waals surface area contributed by atoms with E-state index in [1.165, 1.54) is 21.8 Å². The van der Waals surface area contributed by atoms with E-state index in [4.69, 9.17) is 4.74 Å². The summed E-state index contributed by atoms with van der Waals surface area (Å²) < 4.78 is 5.27. The summed E-state index contributed by atoms with van der Waals surface area (Å²) >= 11 is 1.53. The number of hydrogen-bond acceptors (Lipinski definition) is 4. The fourth-order valence-corrected chi connectivity index (χ4v) is 3.85. The molecule has 0 saturated carbocycles. The number of fused-ring (bicyclic) bond motifs is 3. The zero-order valence-electron chi connectivity index (χ0n) is 13.4. The second-order valence-electron chi connectivity index (χ2n) is 5.81. The maximum atomic E-state index is 12.3. The van der Waals surface area contributed by atoms with E-state index >= 15 is 0 Å². The molecular formula is C19H16N2O2S. The van der Waals surface area contributed by atoms with Crippen molar-refractivity contribution in [1.29, 1.82) is 0 Å². The Bertz CT molecular complexity index is 929. The van der Waals surface area contributed by atoms with Gasteiger partial charge in [-0.05, 0) is 42.8 Å². The molecule has 1 heterocycles. The molecule has 120 valence electrons. The van der Waals surface area contributed by atoms with Gasteiger partial charge in [-0.15, -0.1) is 11.3 Å². The van der Waals surface area contributed by atoms with Crippen molar-refractivity contribution >= 4 is 22.4 Å². The second-order valence-corrected chi connectivity index (χ2v) is 6.89. The zero-order valence-corrected chi connectivity index (χ0v) is 14.2.